The van der Waals surface area contributed by atoms with Crippen LogP contribution in [0.15, 0.2) is 24.8 Å². The van der Waals surface area contributed by atoms with E-state index >= 15 is 0 Å². The molecule has 0 aromatic heterocycles. The highest BCUT2D eigenvalue weighted by Crippen LogP contribution is 2.11. The molecule has 0 aliphatic carbocycles. The van der Waals surface area contributed by atoms with E-state index in [1.807, 2.05) is 12.2 Å². The summed E-state index contributed by atoms with van der Waals surface area (Å²) in [4.78, 5) is 0. The number of aliphatic hydroxyl groups excluding tert-OH is 1. The highest BCUT2D eigenvalue weighted by molar-refractivity contribution is 4.96. The summed E-state index contributed by atoms with van der Waals surface area (Å²) in [5.41, 5.74) is 0. The predicted molar refractivity (Wildman–Crippen MR) is 77.2 cm³/mol. The lowest BCUT2D eigenvalue weighted by Crippen LogP contribution is -2.04. The molecule has 0 aromatic carbocycles. The highest BCUT2D eigenvalue weighted by atomic mass is 16.3. The molecule has 0 rings (SSSR count). The van der Waals surface area contributed by atoms with Crippen LogP contribution in [0.4, 0.5) is 0 Å². The molecular weight excluding hydrogens is 208 g/mol. The molecule has 100 valence electrons. The van der Waals surface area contributed by atoms with Crippen molar-refractivity contribution >= 4 is 0 Å². The normalized spacial score (nSPS) is 13.1. The highest BCUT2D eigenvalue weighted by Gasteiger charge is 2.01. The van der Waals surface area contributed by atoms with Crippen molar-refractivity contribution in [3.63, 3.8) is 0 Å². The molecule has 0 amide bonds. The quantitative estimate of drug-likeness (QED) is 0.374. The first kappa shape index (κ1) is 16.4. The van der Waals surface area contributed by atoms with E-state index in [9.17, 15) is 5.11 Å². The fraction of sp³-hybridized carbons (Fsp3) is 0.750. The van der Waals surface area contributed by atoms with Gasteiger partial charge >= 0.3 is 0 Å². The Labute approximate surface area is 108 Å². The summed E-state index contributed by atoms with van der Waals surface area (Å²) in [5.74, 6) is 0. The molecule has 17 heavy (non-hydrogen) atoms. The third-order valence-corrected chi connectivity index (χ3v) is 3.05. The first-order chi connectivity index (χ1) is 8.31. The first-order valence-corrected chi connectivity index (χ1v) is 7.26. The van der Waals surface area contributed by atoms with Crippen LogP contribution in [0.5, 0.6) is 0 Å². The van der Waals surface area contributed by atoms with E-state index in [0.717, 1.165) is 19.3 Å². The number of hydrogen-bond donors (Lipinski definition) is 1. The van der Waals surface area contributed by atoms with Crippen molar-refractivity contribution in [1.29, 1.82) is 0 Å². The van der Waals surface area contributed by atoms with Crippen molar-refractivity contribution in [3.8, 4) is 0 Å². The number of hydrogen-bond acceptors (Lipinski definition) is 1. The van der Waals surface area contributed by atoms with Crippen LogP contribution < -0.4 is 0 Å². The molecule has 1 nitrogen and oxygen atoms in total. The molecule has 1 atom stereocenters. The minimum absolute atomic E-state index is 0.0518. The maximum absolute atomic E-state index is 9.56. The molecule has 0 saturated carbocycles. The molecule has 1 heteroatoms. The number of allylic oxidation sites excluding steroid dienone is 3. The summed E-state index contributed by atoms with van der Waals surface area (Å²) >= 11 is 0. The molecule has 0 aliphatic heterocycles. The Morgan fingerprint density at radius 2 is 1.65 bits per heavy atom. The van der Waals surface area contributed by atoms with Crippen LogP contribution in [0, 0.1) is 0 Å². The fourth-order valence-electron chi connectivity index (χ4n) is 2.02. The average Bonchev–Trinajstić information content (AvgIpc) is 2.32. The lowest BCUT2D eigenvalue weighted by molar-refractivity contribution is 0.150. The number of aliphatic hydroxyl groups is 1. The maximum atomic E-state index is 9.56. The summed E-state index contributed by atoms with van der Waals surface area (Å²) in [6.45, 7) is 5.78. The molecule has 0 heterocycles. The Bertz CT molecular complexity index is 184. The third kappa shape index (κ3) is 13.4. The van der Waals surface area contributed by atoms with E-state index in [2.05, 4.69) is 19.6 Å². The van der Waals surface area contributed by atoms with Gasteiger partial charge in [0.05, 0.1) is 6.10 Å². The Balaban J connectivity index is 3.08. The second kappa shape index (κ2) is 13.5. The van der Waals surface area contributed by atoms with E-state index in [4.69, 9.17) is 0 Å². The van der Waals surface area contributed by atoms with Gasteiger partial charge < -0.3 is 5.11 Å². The minimum Gasteiger partial charge on any atom is -0.393 e. The Morgan fingerprint density at radius 1 is 1.00 bits per heavy atom. The van der Waals surface area contributed by atoms with Crippen molar-refractivity contribution in [3.05, 3.63) is 24.8 Å². The van der Waals surface area contributed by atoms with Gasteiger partial charge in [-0.25, -0.2) is 0 Å². The molecule has 0 fully saturated rings. The van der Waals surface area contributed by atoms with Crippen molar-refractivity contribution in [2.24, 2.45) is 0 Å². The molecule has 0 spiro atoms. The zero-order valence-corrected chi connectivity index (χ0v) is 11.5. The van der Waals surface area contributed by atoms with E-state index in [1.165, 1.54) is 44.9 Å². The van der Waals surface area contributed by atoms with Gasteiger partial charge in [-0.05, 0) is 25.7 Å². The van der Waals surface area contributed by atoms with Crippen molar-refractivity contribution in [2.75, 3.05) is 0 Å². The van der Waals surface area contributed by atoms with Crippen LogP contribution in [-0.4, -0.2) is 11.2 Å². The molecule has 0 bridgehead atoms. The zero-order valence-electron chi connectivity index (χ0n) is 11.5. The van der Waals surface area contributed by atoms with Crippen LogP contribution >= 0.6 is 0 Å². The van der Waals surface area contributed by atoms with Crippen molar-refractivity contribution < 1.29 is 5.11 Å². The zero-order chi connectivity index (χ0) is 12.8. The SMILES string of the molecule is C=C/C=C\CCCCCCCCC(O)CCC. The Hall–Kier alpha value is -0.560. The summed E-state index contributed by atoms with van der Waals surface area (Å²) in [7, 11) is 0. The topological polar surface area (TPSA) is 20.2 Å². The molecule has 1 unspecified atom stereocenters. The van der Waals surface area contributed by atoms with Gasteiger partial charge in [0.1, 0.15) is 0 Å². The Kier molecular flexibility index (Phi) is 13.1. The average molecular weight is 238 g/mol. The molecule has 0 saturated heterocycles. The van der Waals surface area contributed by atoms with Crippen molar-refractivity contribution in [2.45, 2.75) is 77.2 Å². The third-order valence-electron chi connectivity index (χ3n) is 3.05. The summed E-state index contributed by atoms with van der Waals surface area (Å²) in [6.07, 6.45) is 18.0. The lowest BCUT2D eigenvalue weighted by atomic mass is 10.0. The second-order valence-electron chi connectivity index (χ2n) is 4.81. The first-order valence-electron chi connectivity index (χ1n) is 7.26. The largest absolute Gasteiger partial charge is 0.393 e. The van der Waals surface area contributed by atoms with Gasteiger partial charge in [-0.3, -0.25) is 0 Å². The van der Waals surface area contributed by atoms with Crippen LogP contribution in [0.2, 0.25) is 0 Å². The molecule has 0 aliphatic rings. The standard InChI is InChI=1S/C16H30O/c1-3-5-6-7-8-9-10-11-12-13-15-16(17)14-4-2/h3,5-6,16-17H,1,4,7-15H2,2H3/b6-5-. The van der Waals surface area contributed by atoms with E-state index in [0.29, 0.717) is 0 Å². The van der Waals surface area contributed by atoms with Gasteiger partial charge in [0.2, 0.25) is 0 Å². The van der Waals surface area contributed by atoms with Gasteiger partial charge in [0, 0.05) is 0 Å². The maximum Gasteiger partial charge on any atom is 0.0540 e. The summed E-state index contributed by atoms with van der Waals surface area (Å²) < 4.78 is 0. The van der Waals surface area contributed by atoms with Crippen LogP contribution in [0.3, 0.4) is 0 Å². The molecule has 0 aromatic rings. The fourth-order valence-corrected chi connectivity index (χ4v) is 2.02. The number of unbranched alkanes of at least 4 members (excludes halogenated alkanes) is 6. The summed E-state index contributed by atoms with van der Waals surface area (Å²) in [6, 6.07) is 0. The van der Waals surface area contributed by atoms with E-state index in [-0.39, 0.29) is 6.10 Å². The minimum atomic E-state index is -0.0518. The van der Waals surface area contributed by atoms with E-state index in [1.54, 1.807) is 0 Å². The predicted octanol–water partition coefficient (Wildman–Crippen LogP) is 5.01. The molecular formula is C16H30O. The van der Waals surface area contributed by atoms with Crippen molar-refractivity contribution in [1.82, 2.24) is 0 Å². The smallest absolute Gasteiger partial charge is 0.0540 e. The van der Waals surface area contributed by atoms with E-state index < -0.39 is 0 Å². The van der Waals surface area contributed by atoms with Crippen LogP contribution in [0.25, 0.3) is 0 Å². The monoisotopic (exact) mass is 238 g/mol. The van der Waals surface area contributed by atoms with Gasteiger partial charge in [0.25, 0.3) is 0 Å². The molecule has 1 N–H and O–H groups in total. The van der Waals surface area contributed by atoms with Crippen LogP contribution in [-0.2, 0) is 0 Å². The second-order valence-corrected chi connectivity index (χ2v) is 4.81. The van der Waals surface area contributed by atoms with Crippen LogP contribution in [0.1, 0.15) is 71.1 Å². The molecule has 0 radical (unpaired) electrons. The van der Waals surface area contributed by atoms with Gasteiger partial charge in [-0.15, -0.1) is 0 Å². The summed E-state index contributed by atoms with van der Waals surface area (Å²) in [5, 5.41) is 9.56. The Morgan fingerprint density at radius 3 is 2.29 bits per heavy atom. The van der Waals surface area contributed by atoms with Gasteiger partial charge in [-0.1, -0.05) is 70.3 Å². The number of rotatable bonds is 12. The lowest BCUT2D eigenvalue weighted by Gasteiger charge is -2.08. The van der Waals surface area contributed by atoms with Gasteiger partial charge in [0.15, 0.2) is 0 Å². The van der Waals surface area contributed by atoms with Gasteiger partial charge in [-0.2, -0.15) is 0 Å².